The topological polar surface area (TPSA) is 82.6 Å². The zero-order valence-electron chi connectivity index (χ0n) is 15.5. The first kappa shape index (κ1) is 18.8. The minimum absolute atomic E-state index is 0.0991. The molecular weight excluding hydrogens is 376 g/mol. The molecule has 7 nitrogen and oxygen atoms in total. The van der Waals surface area contributed by atoms with Gasteiger partial charge in [0.25, 0.3) is 0 Å². The third kappa shape index (κ3) is 4.28. The Hall–Kier alpha value is -2.58. The lowest BCUT2D eigenvalue weighted by Crippen LogP contribution is -2.32. The number of imide groups is 1. The maximum Gasteiger partial charge on any atom is 0.229 e. The fourth-order valence-electron chi connectivity index (χ4n) is 3.55. The van der Waals surface area contributed by atoms with Gasteiger partial charge in [-0.15, -0.1) is 11.3 Å². The quantitative estimate of drug-likeness (QED) is 0.754. The second kappa shape index (κ2) is 8.20. The molecule has 1 aromatic carbocycles. The highest BCUT2D eigenvalue weighted by Crippen LogP contribution is 2.29. The third-order valence-corrected chi connectivity index (χ3v) is 6.02. The van der Waals surface area contributed by atoms with Crippen molar-refractivity contribution >= 4 is 34.2 Å². The Bertz CT molecular complexity index is 880. The second-order valence-corrected chi connectivity index (χ2v) is 8.16. The van der Waals surface area contributed by atoms with E-state index in [-0.39, 0.29) is 43.5 Å². The Morgan fingerprint density at radius 3 is 2.61 bits per heavy atom. The molecule has 0 bridgehead atoms. The van der Waals surface area contributed by atoms with Gasteiger partial charge in [0, 0.05) is 56.7 Å². The van der Waals surface area contributed by atoms with Crippen molar-refractivity contribution in [3.8, 4) is 0 Å². The molecule has 0 radical (unpaired) electrons. The van der Waals surface area contributed by atoms with Gasteiger partial charge in [0.15, 0.2) is 5.13 Å². The maximum absolute atomic E-state index is 12.2. The number of hydrogen-bond acceptors (Lipinski definition) is 6. The van der Waals surface area contributed by atoms with Crippen LogP contribution in [0.25, 0.3) is 0 Å². The number of anilines is 1. The van der Waals surface area contributed by atoms with E-state index in [4.69, 9.17) is 0 Å². The average molecular weight is 398 g/mol. The van der Waals surface area contributed by atoms with Gasteiger partial charge in [-0.3, -0.25) is 24.2 Å². The van der Waals surface area contributed by atoms with Gasteiger partial charge >= 0.3 is 0 Å². The zero-order chi connectivity index (χ0) is 19.5. The first-order chi connectivity index (χ1) is 13.6. The van der Waals surface area contributed by atoms with Crippen molar-refractivity contribution in [3.63, 3.8) is 0 Å². The Kier molecular flexibility index (Phi) is 5.50. The number of amides is 3. The summed E-state index contributed by atoms with van der Waals surface area (Å²) < 4.78 is 0. The van der Waals surface area contributed by atoms with Gasteiger partial charge in [0.1, 0.15) is 0 Å². The van der Waals surface area contributed by atoms with Crippen LogP contribution in [0, 0.1) is 0 Å². The number of nitrogens with one attached hydrogen (secondary N) is 1. The molecule has 0 aliphatic carbocycles. The van der Waals surface area contributed by atoms with Crippen LogP contribution in [0.3, 0.4) is 0 Å². The van der Waals surface area contributed by atoms with E-state index in [0.717, 1.165) is 31.7 Å². The van der Waals surface area contributed by atoms with E-state index in [1.54, 1.807) is 0 Å². The molecule has 146 valence electrons. The smallest absolute Gasteiger partial charge is 0.229 e. The molecule has 4 rings (SSSR count). The Morgan fingerprint density at radius 2 is 1.86 bits per heavy atom. The lowest BCUT2D eigenvalue weighted by molar-refractivity contribution is -0.138. The monoisotopic (exact) mass is 398 g/mol. The maximum atomic E-state index is 12.2. The molecule has 1 fully saturated rings. The number of nitrogens with zero attached hydrogens (tertiary/aromatic N) is 3. The van der Waals surface area contributed by atoms with Gasteiger partial charge in [-0.2, -0.15) is 0 Å². The fraction of sp³-hybridized carbons (Fsp3) is 0.400. The number of carbonyl (C=O) groups excluding carboxylic acids is 3. The van der Waals surface area contributed by atoms with E-state index in [2.05, 4.69) is 27.3 Å². The number of likely N-dealkylation sites (tertiary alicyclic amines) is 1. The number of benzene rings is 1. The Labute approximate surface area is 167 Å². The Balaban J connectivity index is 1.31. The average Bonchev–Trinajstić information content (AvgIpc) is 3.22. The van der Waals surface area contributed by atoms with Crippen molar-refractivity contribution in [2.45, 2.75) is 38.8 Å². The van der Waals surface area contributed by atoms with Crippen LogP contribution in [-0.2, 0) is 33.9 Å². The fourth-order valence-corrected chi connectivity index (χ4v) is 4.61. The zero-order valence-corrected chi connectivity index (χ0v) is 16.3. The summed E-state index contributed by atoms with van der Waals surface area (Å²) in [6.45, 7) is 2.81. The second-order valence-electron chi connectivity index (χ2n) is 7.07. The predicted molar refractivity (Wildman–Crippen MR) is 106 cm³/mol. The van der Waals surface area contributed by atoms with Crippen LogP contribution in [0.4, 0.5) is 5.13 Å². The van der Waals surface area contributed by atoms with E-state index in [1.165, 1.54) is 26.7 Å². The van der Waals surface area contributed by atoms with Gasteiger partial charge in [-0.05, 0) is 5.56 Å². The molecule has 0 atom stereocenters. The molecule has 2 aliphatic heterocycles. The SMILES string of the molecule is O=C(CCN1C(=O)CCC1=O)Nc1nc2c(s1)CN(Cc1ccccc1)CC2. The van der Waals surface area contributed by atoms with Gasteiger partial charge < -0.3 is 5.32 Å². The number of carbonyl (C=O) groups is 3. The molecule has 2 aliphatic rings. The number of hydrogen-bond donors (Lipinski definition) is 1. The summed E-state index contributed by atoms with van der Waals surface area (Å²) in [5, 5.41) is 3.41. The van der Waals surface area contributed by atoms with Crippen molar-refractivity contribution in [1.29, 1.82) is 0 Å². The number of rotatable bonds is 6. The van der Waals surface area contributed by atoms with E-state index < -0.39 is 0 Å². The van der Waals surface area contributed by atoms with Gasteiger partial charge in [-0.1, -0.05) is 30.3 Å². The first-order valence-electron chi connectivity index (χ1n) is 9.46. The van der Waals surface area contributed by atoms with Crippen molar-refractivity contribution in [1.82, 2.24) is 14.8 Å². The molecule has 2 aromatic rings. The van der Waals surface area contributed by atoms with E-state index in [0.29, 0.717) is 5.13 Å². The molecule has 3 amide bonds. The molecule has 8 heteroatoms. The minimum atomic E-state index is -0.222. The standard InChI is InChI=1S/C20H22N4O3S/c25-17(9-11-24-18(26)6-7-19(24)27)22-20-21-15-8-10-23(13-16(15)28-20)12-14-4-2-1-3-5-14/h1-5H,6-13H2,(H,21,22,25). The van der Waals surface area contributed by atoms with Crippen molar-refractivity contribution in [2.75, 3.05) is 18.4 Å². The summed E-state index contributed by atoms with van der Waals surface area (Å²) >= 11 is 1.50. The van der Waals surface area contributed by atoms with Crippen LogP contribution in [0.2, 0.25) is 0 Å². The van der Waals surface area contributed by atoms with E-state index in [1.807, 2.05) is 18.2 Å². The van der Waals surface area contributed by atoms with Gasteiger partial charge in [-0.25, -0.2) is 4.98 Å². The Morgan fingerprint density at radius 1 is 1.11 bits per heavy atom. The molecule has 28 heavy (non-hydrogen) atoms. The lowest BCUT2D eigenvalue weighted by Gasteiger charge is -2.25. The highest BCUT2D eigenvalue weighted by atomic mass is 32.1. The highest BCUT2D eigenvalue weighted by molar-refractivity contribution is 7.15. The van der Waals surface area contributed by atoms with E-state index >= 15 is 0 Å². The third-order valence-electron chi connectivity index (χ3n) is 5.02. The molecule has 0 spiro atoms. The number of fused-ring (bicyclic) bond motifs is 1. The summed E-state index contributed by atoms with van der Waals surface area (Å²) in [6, 6.07) is 10.4. The van der Waals surface area contributed by atoms with Crippen molar-refractivity contribution in [3.05, 3.63) is 46.5 Å². The lowest BCUT2D eigenvalue weighted by atomic mass is 10.1. The number of aromatic nitrogens is 1. The van der Waals surface area contributed by atoms with Crippen molar-refractivity contribution in [2.24, 2.45) is 0 Å². The van der Waals surface area contributed by atoms with Gasteiger partial charge in [0.05, 0.1) is 5.69 Å². The minimum Gasteiger partial charge on any atom is -0.302 e. The van der Waals surface area contributed by atoms with Crippen molar-refractivity contribution < 1.29 is 14.4 Å². The van der Waals surface area contributed by atoms with Gasteiger partial charge in [0.2, 0.25) is 17.7 Å². The van der Waals surface area contributed by atoms with Crippen LogP contribution in [0.15, 0.2) is 30.3 Å². The summed E-state index contributed by atoms with van der Waals surface area (Å²) in [4.78, 5) is 44.7. The number of thiazole rings is 1. The summed E-state index contributed by atoms with van der Waals surface area (Å²) in [7, 11) is 0. The molecule has 0 unspecified atom stereocenters. The first-order valence-corrected chi connectivity index (χ1v) is 10.3. The van der Waals surface area contributed by atoms with Crippen LogP contribution >= 0.6 is 11.3 Å². The largest absolute Gasteiger partial charge is 0.302 e. The normalized spacial score (nSPS) is 17.1. The molecular formula is C20H22N4O3S. The summed E-state index contributed by atoms with van der Waals surface area (Å²) in [6.07, 6.45) is 1.46. The van der Waals surface area contributed by atoms with Crippen LogP contribution in [-0.4, -0.2) is 45.6 Å². The van der Waals surface area contributed by atoms with Crippen LogP contribution in [0.1, 0.15) is 35.4 Å². The predicted octanol–water partition coefficient (Wildman–Crippen LogP) is 2.18. The van der Waals surface area contributed by atoms with E-state index in [9.17, 15) is 14.4 Å². The molecule has 1 N–H and O–H groups in total. The summed E-state index contributed by atoms with van der Waals surface area (Å²) in [5.74, 6) is -0.609. The molecule has 3 heterocycles. The highest BCUT2D eigenvalue weighted by Gasteiger charge is 2.29. The molecule has 1 aromatic heterocycles. The summed E-state index contributed by atoms with van der Waals surface area (Å²) in [5.41, 5.74) is 2.34. The van der Waals surface area contributed by atoms with Crippen LogP contribution in [0.5, 0.6) is 0 Å². The molecule has 1 saturated heterocycles. The molecule has 0 saturated carbocycles. The van der Waals surface area contributed by atoms with Crippen LogP contribution < -0.4 is 5.32 Å².